The standard InChI is InChI=1S/C18H20FN3O2/c1-13(18(24)22-16-9-3-2-8-15(16)19)21-17(23)10-4-6-14-7-5-11-20-12-14/h2-3,5,7-9,11-13H,4,6,10H2,1H3,(H,21,23)(H,22,24). The maximum atomic E-state index is 13.5. The van der Waals surface area contributed by atoms with Gasteiger partial charge in [0.1, 0.15) is 11.9 Å². The molecule has 0 spiro atoms. The molecule has 126 valence electrons. The Morgan fingerprint density at radius 2 is 2.00 bits per heavy atom. The molecule has 1 aromatic carbocycles. The Bertz CT molecular complexity index is 692. The number of nitrogens with zero attached hydrogens (tertiary/aromatic N) is 1. The number of para-hydroxylation sites is 1. The number of hydrogen-bond acceptors (Lipinski definition) is 3. The Balaban J connectivity index is 1.74. The highest BCUT2D eigenvalue weighted by Crippen LogP contribution is 2.12. The molecule has 2 N–H and O–H groups in total. The van der Waals surface area contributed by atoms with Crippen LogP contribution in [0.15, 0.2) is 48.8 Å². The second-order valence-electron chi connectivity index (χ2n) is 5.47. The summed E-state index contributed by atoms with van der Waals surface area (Å²) in [6, 6.07) is 8.96. The minimum absolute atomic E-state index is 0.0974. The van der Waals surface area contributed by atoms with Gasteiger partial charge in [0.15, 0.2) is 0 Å². The van der Waals surface area contributed by atoms with Crippen LogP contribution in [0.3, 0.4) is 0 Å². The van der Waals surface area contributed by atoms with E-state index in [2.05, 4.69) is 15.6 Å². The molecule has 1 aromatic heterocycles. The van der Waals surface area contributed by atoms with E-state index in [1.807, 2.05) is 12.1 Å². The van der Waals surface area contributed by atoms with E-state index in [0.717, 1.165) is 12.0 Å². The molecule has 2 amide bonds. The number of hydrogen-bond donors (Lipinski definition) is 2. The maximum absolute atomic E-state index is 13.5. The second kappa shape index (κ2) is 8.76. The van der Waals surface area contributed by atoms with Gasteiger partial charge in [-0.2, -0.15) is 0 Å². The molecule has 24 heavy (non-hydrogen) atoms. The number of nitrogens with one attached hydrogen (secondary N) is 2. The van der Waals surface area contributed by atoms with Crippen molar-refractivity contribution in [3.05, 3.63) is 60.2 Å². The molecule has 5 nitrogen and oxygen atoms in total. The summed E-state index contributed by atoms with van der Waals surface area (Å²) in [6.07, 6.45) is 5.19. The first-order valence-corrected chi connectivity index (χ1v) is 7.80. The van der Waals surface area contributed by atoms with Crippen LogP contribution in [0.5, 0.6) is 0 Å². The van der Waals surface area contributed by atoms with Crippen molar-refractivity contribution in [2.24, 2.45) is 0 Å². The number of amides is 2. The number of aryl methyl sites for hydroxylation is 1. The molecule has 2 aromatic rings. The number of rotatable bonds is 7. The van der Waals surface area contributed by atoms with Crippen LogP contribution >= 0.6 is 0 Å². The normalized spacial score (nSPS) is 11.6. The molecular weight excluding hydrogens is 309 g/mol. The van der Waals surface area contributed by atoms with Crippen LogP contribution in [0, 0.1) is 5.82 Å². The smallest absolute Gasteiger partial charge is 0.246 e. The number of carbonyl (C=O) groups is 2. The number of aromatic nitrogens is 1. The molecule has 2 rings (SSSR count). The van der Waals surface area contributed by atoms with Crippen LogP contribution in [-0.4, -0.2) is 22.8 Å². The van der Waals surface area contributed by atoms with Crippen LogP contribution in [0.2, 0.25) is 0 Å². The highest BCUT2D eigenvalue weighted by Gasteiger charge is 2.16. The zero-order chi connectivity index (χ0) is 17.4. The van der Waals surface area contributed by atoms with Gasteiger partial charge in [-0.15, -0.1) is 0 Å². The first-order valence-electron chi connectivity index (χ1n) is 7.80. The van der Waals surface area contributed by atoms with Crippen molar-refractivity contribution >= 4 is 17.5 Å². The summed E-state index contributed by atoms with van der Waals surface area (Å²) in [5, 5.41) is 5.08. The summed E-state index contributed by atoms with van der Waals surface area (Å²) in [5.74, 6) is -1.18. The van der Waals surface area contributed by atoms with Gasteiger partial charge in [0.05, 0.1) is 5.69 Å². The fraction of sp³-hybridized carbons (Fsp3) is 0.278. The largest absolute Gasteiger partial charge is 0.345 e. The average Bonchev–Trinajstić information content (AvgIpc) is 2.57. The molecule has 0 saturated heterocycles. The molecule has 6 heteroatoms. The molecule has 1 atom stereocenters. The van der Waals surface area contributed by atoms with Crippen molar-refractivity contribution < 1.29 is 14.0 Å². The number of carbonyl (C=O) groups excluding carboxylic acids is 2. The number of benzene rings is 1. The Hall–Kier alpha value is -2.76. The lowest BCUT2D eigenvalue weighted by atomic mass is 10.1. The van der Waals surface area contributed by atoms with E-state index in [9.17, 15) is 14.0 Å². The summed E-state index contributed by atoms with van der Waals surface area (Å²) in [4.78, 5) is 27.9. The summed E-state index contributed by atoms with van der Waals surface area (Å²) in [5.41, 5.74) is 1.16. The number of anilines is 1. The van der Waals surface area contributed by atoms with Crippen molar-refractivity contribution in [3.63, 3.8) is 0 Å². The molecule has 0 aliphatic carbocycles. The van der Waals surface area contributed by atoms with E-state index in [1.54, 1.807) is 31.5 Å². The third kappa shape index (κ3) is 5.46. The summed E-state index contributed by atoms with van der Waals surface area (Å²) in [7, 11) is 0. The van der Waals surface area contributed by atoms with E-state index in [-0.39, 0.29) is 11.6 Å². The third-order valence-electron chi connectivity index (χ3n) is 3.49. The van der Waals surface area contributed by atoms with Gasteiger partial charge in [-0.05, 0) is 43.5 Å². The van der Waals surface area contributed by atoms with Crippen LogP contribution in [0.4, 0.5) is 10.1 Å². The molecule has 0 bridgehead atoms. The Kier molecular flexibility index (Phi) is 6.42. The van der Waals surface area contributed by atoms with Crippen LogP contribution in [0.25, 0.3) is 0 Å². The quantitative estimate of drug-likeness (QED) is 0.820. The van der Waals surface area contributed by atoms with E-state index in [0.29, 0.717) is 12.8 Å². The minimum Gasteiger partial charge on any atom is -0.345 e. The van der Waals surface area contributed by atoms with Crippen molar-refractivity contribution in [2.75, 3.05) is 5.32 Å². The van der Waals surface area contributed by atoms with Gasteiger partial charge >= 0.3 is 0 Å². The average molecular weight is 329 g/mol. The molecule has 0 saturated carbocycles. The van der Waals surface area contributed by atoms with Gasteiger partial charge in [0.2, 0.25) is 11.8 Å². The summed E-state index contributed by atoms with van der Waals surface area (Å²) < 4.78 is 13.5. The van der Waals surface area contributed by atoms with Crippen molar-refractivity contribution in [1.82, 2.24) is 10.3 Å². The molecule has 0 radical (unpaired) electrons. The first-order chi connectivity index (χ1) is 11.6. The molecule has 0 aliphatic rings. The zero-order valence-corrected chi connectivity index (χ0v) is 13.5. The maximum Gasteiger partial charge on any atom is 0.246 e. The SMILES string of the molecule is CC(NC(=O)CCCc1cccnc1)C(=O)Nc1ccccc1F. The second-order valence-corrected chi connectivity index (χ2v) is 5.47. The number of halogens is 1. The Morgan fingerprint density at radius 3 is 2.71 bits per heavy atom. The van der Waals surface area contributed by atoms with Gasteiger partial charge in [0, 0.05) is 18.8 Å². The predicted molar refractivity (Wildman–Crippen MR) is 89.8 cm³/mol. The van der Waals surface area contributed by atoms with Crippen LogP contribution < -0.4 is 10.6 Å². The highest BCUT2D eigenvalue weighted by atomic mass is 19.1. The van der Waals surface area contributed by atoms with E-state index >= 15 is 0 Å². The summed E-state index contributed by atoms with van der Waals surface area (Å²) in [6.45, 7) is 1.56. The topological polar surface area (TPSA) is 71.1 Å². The number of pyridine rings is 1. The van der Waals surface area contributed by atoms with Crippen molar-refractivity contribution in [3.8, 4) is 0 Å². The predicted octanol–water partition coefficient (Wildman–Crippen LogP) is 2.69. The van der Waals surface area contributed by atoms with Gasteiger partial charge < -0.3 is 10.6 Å². The van der Waals surface area contributed by atoms with Crippen LogP contribution in [-0.2, 0) is 16.0 Å². The minimum atomic E-state index is -0.740. The van der Waals surface area contributed by atoms with Gasteiger partial charge in [-0.1, -0.05) is 18.2 Å². The Labute approximate surface area is 140 Å². The molecule has 1 unspecified atom stereocenters. The monoisotopic (exact) mass is 329 g/mol. The molecule has 0 aliphatic heterocycles. The fourth-order valence-electron chi connectivity index (χ4n) is 2.18. The van der Waals surface area contributed by atoms with E-state index in [1.165, 1.54) is 12.1 Å². The summed E-state index contributed by atoms with van der Waals surface area (Å²) >= 11 is 0. The zero-order valence-electron chi connectivity index (χ0n) is 13.5. The third-order valence-corrected chi connectivity index (χ3v) is 3.49. The van der Waals surface area contributed by atoms with Crippen molar-refractivity contribution in [2.45, 2.75) is 32.2 Å². The molecule has 0 fully saturated rings. The lowest BCUT2D eigenvalue weighted by molar-refractivity contribution is -0.126. The highest BCUT2D eigenvalue weighted by molar-refractivity contribution is 5.96. The molecule has 1 heterocycles. The first kappa shape index (κ1) is 17.6. The van der Waals surface area contributed by atoms with Gasteiger partial charge in [-0.25, -0.2) is 4.39 Å². The van der Waals surface area contributed by atoms with Gasteiger partial charge in [0.25, 0.3) is 0 Å². The van der Waals surface area contributed by atoms with Crippen LogP contribution in [0.1, 0.15) is 25.3 Å². The van der Waals surface area contributed by atoms with Crippen molar-refractivity contribution in [1.29, 1.82) is 0 Å². The lowest BCUT2D eigenvalue weighted by Gasteiger charge is -2.14. The van der Waals surface area contributed by atoms with E-state index in [4.69, 9.17) is 0 Å². The van der Waals surface area contributed by atoms with Gasteiger partial charge in [-0.3, -0.25) is 14.6 Å². The fourth-order valence-corrected chi connectivity index (χ4v) is 2.18. The van der Waals surface area contributed by atoms with E-state index < -0.39 is 17.8 Å². The molecular formula is C18H20FN3O2. The Morgan fingerprint density at radius 1 is 1.21 bits per heavy atom. The lowest BCUT2D eigenvalue weighted by Crippen LogP contribution is -2.41.